The van der Waals surface area contributed by atoms with Gasteiger partial charge < -0.3 is 9.84 Å². The quantitative estimate of drug-likeness (QED) is 0.664. The van der Waals surface area contributed by atoms with Crippen molar-refractivity contribution in [2.75, 3.05) is 13.2 Å². The minimum absolute atomic E-state index is 0.201. The van der Waals surface area contributed by atoms with Gasteiger partial charge in [-0.2, -0.15) is 0 Å². The summed E-state index contributed by atoms with van der Waals surface area (Å²) in [6.45, 7) is 7.79. The highest BCUT2D eigenvalue weighted by atomic mass is 16.5. The van der Waals surface area contributed by atoms with Gasteiger partial charge in [0.1, 0.15) is 5.75 Å². The molecule has 0 aliphatic heterocycles. The molecule has 0 unspecified atom stereocenters. The van der Waals surface area contributed by atoms with Gasteiger partial charge in [0.2, 0.25) is 0 Å². The average Bonchev–Trinajstić information content (AvgIpc) is 2.41. The minimum atomic E-state index is 0.201. The van der Waals surface area contributed by atoms with Crippen LogP contribution in [0.5, 0.6) is 5.75 Å². The van der Waals surface area contributed by atoms with E-state index in [0.717, 1.165) is 31.6 Å². The topological polar surface area (TPSA) is 29.5 Å². The first-order valence-corrected chi connectivity index (χ1v) is 7.88. The molecule has 1 rings (SSSR count). The summed E-state index contributed by atoms with van der Waals surface area (Å²) in [6.07, 6.45) is 6.88. The van der Waals surface area contributed by atoms with Gasteiger partial charge in [0.15, 0.2) is 0 Å². The second kappa shape index (κ2) is 9.02. The van der Waals surface area contributed by atoms with Gasteiger partial charge in [0.25, 0.3) is 0 Å². The minimum Gasteiger partial charge on any atom is -0.494 e. The lowest BCUT2D eigenvalue weighted by atomic mass is 9.87. The standard InChI is InChI=1S/C18H30O2/c1-18(2,3)16-10-12-17(13-11-16)20-15-9-7-5-4-6-8-14-19/h10-13,19H,4-9,14-15H2,1-3H3. The average molecular weight is 278 g/mol. The third kappa shape index (κ3) is 6.95. The molecule has 2 heteroatoms. The van der Waals surface area contributed by atoms with Crippen LogP contribution < -0.4 is 4.74 Å². The third-order valence-electron chi connectivity index (χ3n) is 3.54. The maximum absolute atomic E-state index is 8.68. The summed E-state index contributed by atoms with van der Waals surface area (Å²) in [5.74, 6) is 0.971. The highest BCUT2D eigenvalue weighted by molar-refractivity contribution is 5.31. The fourth-order valence-electron chi connectivity index (χ4n) is 2.16. The van der Waals surface area contributed by atoms with Crippen LogP contribution in [0, 0.1) is 0 Å². The number of benzene rings is 1. The zero-order valence-corrected chi connectivity index (χ0v) is 13.3. The van der Waals surface area contributed by atoms with E-state index in [-0.39, 0.29) is 5.41 Å². The Balaban J connectivity index is 2.13. The van der Waals surface area contributed by atoms with E-state index in [1.54, 1.807) is 0 Å². The number of hydrogen-bond donors (Lipinski definition) is 1. The van der Waals surface area contributed by atoms with Crippen LogP contribution in [0.4, 0.5) is 0 Å². The summed E-state index contributed by atoms with van der Waals surface area (Å²) < 4.78 is 5.76. The van der Waals surface area contributed by atoms with E-state index in [1.165, 1.54) is 24.8 Å². The molecule has 2 nitrogen and oxygen atoms in total. The Hall–Kier alpha value is -1.02. The summed E-state index contributed by atoms with van der Waals surface area (Å²) in [6, 6.07) is 8.46. The summed E-state index contributed by atoms with van der Waals surface area (Å²) in [4.78, 5) is 0. The molecule has 114 valence electrons. The van der Waals surface area contributed by atoms with E-state index in [1.807, 2.05) is 0 Å². The molecule has 0 bridgehead atoms. The van der Waals surface area contributed by atoms with Gasteiger partial charge in [-0.1, -0.05) is 58.6 Å². The highest BCUT2D eigenvalue weighted by Crippen LogP contribution is 2.24. The summed E-state index contributed by atoms with van der Waals surface area (Å²) in [5.41, 5.74) is 1.54. The Morgan fingerprint density at radius 2 is 1.40 bits per heavy atom. The Morgan fingerprint density at radius 3 is 1.95 bits per heavy atom. The Morgan fingerprint density at radius 1 is 0.850 bits per heavy atom. The van der Waals surface area contributed by atoms with Crippen LogP contribution in [-0.4, -0.2) is 18.3 Å². The first-order chi connectivity index (χ1) is 9.54. The smallest absolute Gasteiger partial charge is 0.119 e. The van der Waals surface area contributed by atoms with Crippen LogP contribution in [0.15, 0.2) is 24.3 Å². The van der Waals surface area contributed by atoms with Crippen molar-refractivity contribution in [1.82, 2.24) is 0 Å². The van der Waals surface area contributed by atoms with Gasteiger partial charge in [-0.25, -0.2) is 0 Å². The molecule has 0 spiro atoms. The molecule has 1 aromatic rings. The molecule has 0 aromatic heterocycles. The monoisotopic (exact) mass is 278 g/mol. The second-order valence-corrected chi connectivity index (χ2v) is 6.47. The van der Waals surface area contributed by atoms with Crippen molar-refractivity contribution in [3.05, 3.63) is 29.8 Å². The van der Waals surface area contributed by atoms with E-state index in [0.29, 0.717) is 6.61 Å². The molecule has 0 saturated carbocycles. The zero-order chi connectivity index (χ0) is 14.8. The molecule has 0 radical (unpaired) electrons. The molecule has 20 heavy (non-hydrogen) atoms. The molecule has 0 saturated heterocycles. The molecular formula is C18H30O2. The van der Waals surface area contributed by atoms with Crippen LogP contribution in [0.1, 0.15) is 64.9 Å². The number of aliphatic hydroxyl groups is 1. The maximum Gasteiger partial charge on any atom is 0.119 e. The molecule has 0 amide bonds. The van der Waals surface area contributed by atoms with E-state index in [2.05, 4.69) is 45.0 Å². The number of hydrogen-bond acceptors (Lipinski definition) is 2. The van der Waals surface area contributed by atoms with E-state index < -0.39 is 0 Å². The van der Waals surface area contributed by atoms with E-state index in [9.17, 15) is 0 Å². The van der Waals surface area contributed by atoms with Crippen molar-refractivity contribution in [3.8, 4) is 5.75 Å². The maximum atomic E-state index is 8.68. The van der Waals surface area contributed by atoms with Crippen LogP contribution in [0.3, 0.4) is 0 Å². The molecule has 0 aliphatic carbocycles. The van der Waals surface area contributed by atoms with E-state index >= 15 is 0 Å². The lowest BCUT2D eigenvalue weighted by Gasteiger charge is -2.19. The van der Waals surface area contributed by atoms with E-state index in [4.69, 9.17) is 9.84 Å². The summed E-state index contributed by atoms with van der Waals surface area (Å²) in [5, 5.41) is 8.68. The molecule has 0 fully saturated rings. The first kappa shape index (κ1) is 17.0. The van der Waals surface area contributed by atoms with Gasteiger partial charge in [0.05, 0.1) is 6.61 Å². The Labute approximate surface area is 124 Å². The first-order valence-electron chi connectivity index (χ1n) is 7.88. The fourth-order valence-corrected chi connectivity index (χ4v) is 2.16. The van der Waals surface area contributed by atoms with Crippen LogP contribution in [-0.2, 0) is 5.41 Å². The molecule has 0 atom stereocenters. The SMILES string of the molecule is CC(C)(C)c1ccc(OCCCCCCCCO)cc1. The number of rotatable bonds is 9. The van der Waals surface area contributed by atoms with Crippen molar-refractivity contribution in [2.24, 2.45) is 0 Å². The summed E-state index contributed by atoms with van der Waals surface area (Å²) in [7, 11) is 0. The van der Waals surface area contributed by atoms with Crippen LogP contribution >= 0.6 is 0 Å². The Bertz CT molecular complexity index is 349. The van der Waals surface area contributed by atoms with Crippen molar-refractivity contribution in [2.45, 2.75) is 64.7 Å². The summed E-state index contributed by atoms with van der Waals surface area (Å²) >= 11 is 0. The van der Waals surface area contributed by atoms with Gasteiger partial charge in [0, 0.05) is 6.61 Å². The predicted molar refractivity (Wildman–Crippen MR) is 85.4 cm³/mol. The second-order valence-electron chi connectivity index (χ2n) is 6.47. The number of ether oxygens (including phenoxy) is 1. The van der Waals surface area contributed by atoms with Crippen molar-refractivity contribution < 1.29 is 9.84 Å². The fraction of sp³-hybridized carbons (Fsp3) is 0.667. The van der Waals surface area contributed by atoms with Crippen LogP contribution in [0.25, 0.3) is 0 Å². The molecule has 1 N–H and O–H groups in total. The molecular weight excluding hydrogens is 248 g/mol. The zero-order valence-electron chi connectivity index (χ0n) is 13.3. The largest absolute Gasteiger partial charge is 0.494 e. The lowest BCUT2D eigenvalue weighted by Crippen LogP contribution is -2.10. The Kier molecular flexibility index (Phi) is 7.68. The van der Waals surface area contributed by atoms with Gasteiger partial charge in [-0.05, 0) is 36.0 Å². The highest BCUT2D eigenvalue weighted by Gasteiger charge is 2.12. The normalized spacial score (nSPS) is 11.6. The number of unbranched alkanes of at least 4 members (excludes halogenated alkanes) is 5. The van der Waals surface area contributed by atoms with Gasteiger partial charge in [-0.3, -0.25) is 0 Å². The molecule has 1 aromatic carbocycles. The number of aliphatic hydroxyl groups excluding tert-OH is 1. The molecule has 0 heterocycles. The van der Waals surface area contributed by atoms with Crippen molar-refractivity contribution in [3.63, 3.8) is 0 Å². The van der Waals surface area contributed by atoms with Crippen LogP contribution in [0.2, 0.25) is 0 Å². The van der Waals surface area contributed by atoms with Crippen molar-refractivity contribution >= 4 is 0 Å². The third-order valence-corrected chi connectivity index (χ3v) is 3.54. The predicted octanol–water partition coefficient (Wildman–Crippen LogP) is 4.70. The van der Waals surface area contributed by atoms with Gasteiger partial charge >= 0.3 is 0 Å². The lowest BCUT2D eigenvalue weighted by molar-refractivity contribution is 0.280. The van der Waals surface area contributed by atoms with Gasteiger partial charge in [-0.15, -0.1) is 0 Å². The van der Waals surface area contributed by atoms with Crippen molar-refractivity contribution in [1.29, 1.82) is 0 Å². The molecule has 0 aliphatic rings.